The summed E-state index contributed by atoms with van der Waals surface area (Å²) in [6.45, 7) is 6.78. The number of fused-ring (bicyclic) bond motifs is 1. The Hall–Kier alpha value is -3.16. The molecule has 1 saturated heterocycles. The van der Waals surface area contributed by atoms with E-state index >= 15 is 0 Å². The third-order valence-corrected chi connectivity index (χ3v) is 5.11. The fourth-order valence-electron chi connectivity index (χ4n) is 3.63. The van der Waals surface area contributed by atoms with Gasteiger partial charge in [0.25, 0.3) is 6.47 Å². The molecule has 1 N–H and O–H groups in total. The normalized spacial score (nSPS) is 13.7. The number of likely N-dealkylation sites (tertiary alicyclic amines) is 1. The van der Waals surface area contributed by atoms with Crippen molar-refractivity contribution in [2.75, 3.05) is 13.1 Å². The highest BCUT2D eigenvalue weighted by Crippen LogP contribution is 2.25. The van der Waals surface area contributed by atoms with Gasteiger partial charge in [0.05, 0.1) is 11.2 Å². The highest BCUT2D eigenvalue weighted by Gasteiger charge is 2.31. The number of rotatable bonds is 5. The Labute approximate surface area is 163 Å². The predicted octanol–water partition coefficient (Wildman–Crippen LogP) is 1.96. The van der Waals surface area contributed by atoms with Crippen LogP contribution in [0.25, 0.3) is 10.9 Å². The van der Waals surface area contributed by atoms with Crippen LogP contribution in [0.2, 0.25) is 0 Å². The van der Waals surface area contributed by atoms with Crippen LogP contribution in [0.5, 0.6) is 0 Å². The van der Waals surface area contributed by atoms with Crippen LogP contribution >= 0.6 is 0 Å². The minimum absolute atomic E-state index is 0.167. The van der Waals surface area contributed by atoms with Gasteiger partial charge in [0.1, 0.15) is 12.4 Å². The second-order valence-electron chi connectivity index (χ2n) is 6.87. The lowest BCUT2D eigenvalue weighted by molar-refractivity contribution is -0.138. The van der Waals surface area contributed by atoms with Crippen molar-refractivity contribution < 1.29 is 14.7 Å². The van der Waals surface area contributed by atoms with E-state index in [4.69, 9.17) is 9.90 Å². The molecular weight excluding hydrogens is 358 g/mol. The molecule has 0 bridgehead atoms. The SMILES string of the molecule is CCn1ccc2ccnc(CC3CN(C(=O)Cn4ccnc4C)C3)c21.O=CO. The number of imidazole rings is 1. The van der Waals surface area contributed by atoms with E-state index < -0.39 is 0 Å². The van der Waals surface area contributed by atoms with Gasteiger partial charge >= 0.3 is 0 Å². The molecule has 0 saturated carbocycles. The lowest BCUT2D eigenvalue weighted by Gasteiger charge is -2.39. The molecule has 0 atom stereocenters. The van der Waals surface area contributed by atoms with Crippen molar-refractivity contribution in [3.63, 3.8) is 0 Å². The van der Waals surface area contributed by atoms with Crippen molar-refractivity contribution in [2.24, 2.45) is 5.92 Å². The van der Waals surface area contributed by atoms with E-state index in [1.165, 1.54) is 10.9 Å². The first-order valence-electron chi connectivity index (χ1n) is 9.33. The van der Waals surface area contributed by atoms with Crippen molar-refractivity contribution in [3.05, 3.63) is 48.4 Å². The molecule has 28 heavy (non-hydrogen) atoms. The maximum atomic E-state index is 12.4. The number of nitrogens with zero attached hydrogens (tertiary/aromatic N) is 5. The third kappa shape index (κ3) is 4.05. The van der Waals surface area contributed by atoms with Gasteiger partial charge in [-0.05, 0) is 38.3 Å². The van der Waals surface area contributed by atoms with Gasteiger partial charge in [0, 0.05) is 49.8 Å². The second kappa shape index (κ2) is 8.69. The Morgan fingerprint density at radius 2 is 1.96 bits per heavy atom. The van der Waals surface area contributed by atoms with Crippen LogP contribution in [0.1, 0.15) is 18.4 Å². The summed E-state index contributed by atoms with van der Waals surface area (Å²) in [5, 5.41) is 8.13. The smallest absolute Gasteiger partial charge is 0.290 e. The molecule has 3 aromatic heterocycles. The Morgan fingerprint density at radius 1 is 1.21 bits per heavy atom. The Morgan fingerprint density at radius 3 is 2.61 bits per heavy atom. The molecule has 0 aromatic carbocycles. The topological polar surface area (TPSA) is 93.3 Å². The van der Waals surface area contributed by atoms with Gasteiger partial charge in [-0.3, -0.25) is 14.6 Å². The van der Waals surface area contributed by atoms with Gasteiger partial charge < -0.3 is 19.1 Å². The van der Waals surface area contributed by atoms with Crippen molar-refractivity contribution >= 4 is 23.3 Å². The monoisotopic (exact) mass is 383 g/mol. The van der Waals surface area contributed by atoms with Gasteiger partial charge in [-0.1, -0.05) is 0 Å². The zero-order valence-electron chi connectivity index (χ0n) is 16.2. The van der Waals surface area contributed by atoms with Crippen LogP contribution in [0.4, 0.5) is 0 Å². The lowest BCUT2D eigenvalue weighted by atomic mass is 9.93. The molecule has 3 aromatic rings. The molecule has 148 valence electrons. The van der Waals surface area contributed by atoms with Crippen LogP contribution in [0.3, 0.4) is 0 Å². The van der Waals surface area contributed by atoms with E-state index in [9.17, 15) is 4.79 Å². The van der Waals surface area contributed by atoms with Crippen molar-refractivity contribution in [3.8, 4) is 0 Å². The Kier molecular flexibility index (Phi) is 6.08. The maximum absolute atomic E-state index is 12.4. The standard InChI is InChI=1S/C19H23N5O.CH2O2/c1-3-22-8-5-16-4-6-21-17(19(16)22)10-15-11-24(12-15)18(25)13-23-9-7-20-14(23)2;2-1-3/h4-9,15H,3,10-13H2,1-2H3;1H,(H,2,3). The van der Waals surface area contributed by atoms with E-state index in [0.29, 0.717) is 12.5 Å². The fraction of sp³-hybridized carbons (Fsp3) is 0.400. The summed E-state index contributed by atoms with van der Waals surface area (Å²) in [7, 11) is 0. The van der Waals surface area contributed by atoms with Gasteiger partial charge in [0.2, 0.25) is 5.91 Å². The molecule has 8 heteroatoms. The summed E-state index contributed by atoms with van der Waals surface area (Å²) in [4.78, 5) is 31.4. The van der Waals surface area contributed by atoms with E-state index in [1.54, 1.807) is 6.20 Å². The van der Waals surface area contributed by atoms with Crippen LogP contribution in [0.15, 0.2) is 36.9 Å². The highest BCUT2D eigenvalue weighted by atomic mass is 16.3. The highest BCUT2D eigenvalue weighted by molar-refractivity contribution is 5.82. The summed E-state index contributed by atoms with van der Waals surface area (Å²) in [6.07, 6.45) is 8.53. The molecule has 4 rings (SSSR count). The average molecular weight is 383 g/mol. The summed E-state index contributed by atoms with van der Waals surface area (Å²) in [5.74, 6) is 1.54. The molecule has 1 amide bonds. The summed E-state index contributed by atoms with van der Waals surface area (Å²) in [5.41, 5.74) is 2.38. The van der Waals surface area contributed by atoms with Crippen LogP contribution in [-0.4, -0.2) is 54.6 Å². The average Bonchev–Trinajstić information content (AvgIpc) is 3.25. The summed E-state index contributed by atoms with van der Waals surface area (Å²) in [6, 6.07) is 4.21. The Bertz CT molecular complexity index is 956. The largest absolute Gasteiger partial charge is 0.483 e. The first-order valence-corrected chi connectivity index (χ1v) is 9.33. The first-order chi connectivity index (χ1) is 13.6. The van der Waals surface area contributed by atoms with Crippen LogP contribution in [0, 0.1) is 12.8 Å². The van der Waals surface area contributed by atoms with Gasteiger partial charge in [-0.25, -0.2) is 4.98 Å². The minimum atomic E-state index is -0.250. The van der Waals surface area contributed by atoms with E-state index in [-0.39, 0.29) is 12.4 Å². The number of aryl methyl sites for hydroxylation is 2. The zero-order chi connectivity index (χ0) is 20.1. The van der Waals surface area contributed by atoms with Crippen molar-refractivity contribution in [2.45, 2.75) is 33.4 Å². The third-order valence-electron chi connectivity index (χ3n) is 5.11. The molecule has 0 unspecified atom stereocenters. The van der Waals surface area contributed by atoms with Gasteiger partial charge in [0.15, 0.2) is 0 Å². The molecule has 8 nitrogen and oxygen atoms in total. The number of carbonyl (C=O) groups excluding carboxylic acids is 1. The number of pyridine rings is 1. The second-order valence-corrected chi connectivity index (χ2v) is 6.87. The minimum Gasteiger partial charge on any atom is -0.483 e. The number of carboxylic acid groups (broad SMARTS) is 1. The molecule has 0 spiro atoms. The van der Waals surface area contributed by atoms with Gasteiger partial charge in [-0.15, -0.1) is 0 Å². The molecule has 0 radical (unpaired) electrons. The number of carbonyl (C=O) groups is 2. The predicted molar refractivity (Wildman–Crippen MR) is 105 cm³/mol. The van der Waals surface area contributed by atoms with Crippen LogP contribution in [-0.2, 0) is 29.1 Å². The number of hydrogen-bond acceptors (Lipinski definition) is 4. The molecular formula is C20H25N5O3. The number of amides is 1. The summed E-state index contributed by atoms with van der Waals surface area (Å²) < 4.78 is 4.15. The molecule has 1 aliphatic rings. The van der Waals surface area contributed by atoms with E-state index in [2.05, 4.69) is 39.8 Å². The molecule has 1 aliphatic heterocycles. The van der Waals surface area contributed by atoms with E-state index in [0.717, 1.165) is 37.6 Å². The number of hydrogen-bond donors (Lipinski definition) is 1. The van der Waals surface area contributed by atoms with Crippen molar-refractivity contribution in [1.29, 1.82) is 0 Å². The van der Waals surface area contributed by atoms with Crippen molar-refractivity contribution in [1.82, 2.24) is 24.0 Å². The quantitative estimate of drug-likeness (QED) is 0.680. The van der Waals surface area contributed by atoms with Crippen LogP contribution < -0.4 is 0 Å². The first kappa shape index (κ1) is 19.6. The number of aromatic nitrogens is 4. The molecule has 0 aliphatic carbocycles. The fourth-order valence-corrected chi connectivity index (χ4v) is 3.63. The van der Waals surface area contributed by atoms with Gasteiger partial charge in [-0.2, -0.15) is 0 Å². The summed E-state index contributed by atoms with van der Waals surface area (Å²) >= 11 is 0. The molecule has 4 heterocycles. The maximum Gasteiger partial charge on any atom is 0.290 e. The Balaban J connectivity index is 0.000000706. The van der Waals surface area contributed by atoms with E-state index in [1.807, 2.05) is 28.8 Å². The zero-order valence-corrected chi connectivity index (χ0v) is 16.2. The molecule has 1 fully saturated rings. The lowest BCUT2D eigenvalue weighted by Crippen LogP contribution is -2.51.